The fraction of sp³-hybridized carbons (Fsp3) is 0.286. The Kier molecular flexibility index (Phi) is 3.18. The van der Waals surface area contributed by atoms with E-state index in [-0.39, 0.29) is 6.10 Å². The highest BCUT2D eigenvalue weighted by Gasteiger charge is 2.20. The number of anilines is 1. The average Bonchev–Trinajstić information content (AvgIpc) is 2.45. The number of rotatable bonds is 3. The fourth-order valence-electron chi connectivity index (χ4n) is 2.07. The molecule has 2 heterocycles. The Morgan fingerprint density at radius 1 is 1.21 bits per heavy atom. The Balaban J connectivity index is 1.61. The first kappa shape index (κ1) is 11.8. The smallest absolute Gasteiger partial charge is 0.161 e. The number of hydrogen-bond donors (Lipinski definition) is 1. The first-order valence-electron chi connectivity index (χ1n) is 6.26. The average molecular weight is 257 g/mol. The van der Waals surface area contributed by atoms with Crippen LogP contribution in [0, 0.1) is 0 Å². The first-order chi connectivity index (χ1) is 9.31. The van der Waals surface area contributed by atoms with Gasteiger partial charge in [0.25, 0.3) is 0 Å². The second-order valence-electron chi connectivity index (χ2n) is 4.47. The van der Waals surface area contributed by atoms with Crippen LogP contribution in [0.1, 0.15) is 12.1 Å². The Hall–Kier alpha value is -2.30. The number of fused-ring (bicyclic) bond motifs is 1. The lowest BCUT2D eigenvalue weighted by Crippen LogP contribution is -2.29. The van der Waals surface area contributed by atoms with Gasteiger partial charge in [-0.05, 0) is 25.0 Å². The van der Waals surface area contributed by atoms with Gasteiger partial charge in [0.1, 0.15) is 24.9 Å². The van der Waals surface area contributed by atoms with Crippen LogP contribution in [-0.4, -0.2) is 22.7 Å². The molecule has 0 bridgehead atoms. The van der Waals surface area contributed by atoms with Crippen LogP contribution in [0.3, 0.4) is 0 Å². The van der Waals surface area contributed by atoms with Crippen molar-refractivity contribution < 1.29 is 9.47 Å². The van der Waals surface area contributed by atoms with Gasteiger partial charge in [-0.25, -0.2) is 9.97 Å². The molecule has 1 aromatic carbocycles. The van der Waals surface area contributed by atoms with Crippen molar-refractivity contribution in [2.45, 2.75) is 18.9 Å². The summed E-state index contributed by atoms with van der Waals surface area (Å²) >= 11 is 0. The van der Waals surface area contributed by atoms with Crippen molar-refractivity contribution in [2.75, 3.05) is 12.3 Å². The van der Waals surface area contributed by atoms with Gasteiger partial charge in [0.2, 0.25) is 0 Å². The number of nitrogens with zero attached hydrogens (tertiary/aromatic N) is 2. The maximum atomic E-state index is 5.88. The highest BCUT2D eigenvalue weighted by atomic mass is 16.6. The van der Waals surface area contributed by atoms with Crippen LogP contribution >= 0.6 is 0 Å². The molecule has 2 aromatic rings. The molecule has 3 rings (SSSR count). The number of aryl methyl sites for hydroxylation is 1. The van der Waals surface area contributed by atoms with Gasteiger partial charge >= 0.3 is 0 Å². The molecule has 0 aliphatic carbocycles. The molecule has 0 fully saturated rings. The summed E-state index contributed by atoms with van der Waals surface area (Å²) in [5.74, 6) is 2.11. The molecule has 0 unspecified atom stereocenters. The van der Waals surface area contributed by atoms with Crippen molar-refractivity contribution in [2.24, 2.45) is 0 Å². The molecule has 1 aromatic heterocycles. The highest BCUT2D eigenvalue weighted by Crippen LogP contribution is 2.31. The summed E-state index contributed by atoms with van der Waals surface area (Å²) in [7, 11) is 0. The summed E-state index contributed by atoms with van der Waals surface area (Å²) in [6, 6.07) is 9.50. The predicted octanol–water partition coefficient (Wildman–Crippen LogP) is 1.83. The summed E-state index contributed by atoms with van der Waals surface area (Å²) in [6.07, 6.45) is 3.16. The van der Waals surface area contributed by atoms with E-state index >= 15 is 0 Å². The van der Waals surface area contributed by atoms with Crippen LogP contribution in [0.15, 0.2) is 36.7 Å². The van der Waals surface area contributed by atoms with Crippen molar-refractivity contribution in [1.82, 2.24) is 9.97 Å². The minimum absolute atomic E-state index is 0.0473. The second kappa shape index (κ2) is 5.14. The Bertz CT molecular complexity index is 574. The number of hydrogen-bond acceptors (Lipinski definition) is 5. The van der Waals surface area contributed by atoms with Crippen molar-refractivity contribution in [1.29, 1.82) is 0 Å². The van der Waals surface area contributed by atoms with Crippen LogP contribution in [0.5, 0.6) is 11.5 Å². The second-order valence-corrected chi connectivity index (χ2v) is 4.47. The van der Waals surface area contributed by atoms with E-state index in [1.165, 1.54) is 6.33 Å². The molecule has 0 saturated carbocycles. The van der Waals surface area contributed by atoms with Crippen LogP contribution in [0.2, 0.25) is 0 Å². The molecule has 0 spiro atoms. The van der Waals surface area contributed by atoms with Crippen molar-refractivity contribution in [3.8, 4) is 11.5 Å². The Labute approximate surface area is 111 Å². The summed E-state index contributed by atoms with van der Waals surface area (Å²) in [5, 5.41) is 0. The van der Waals surface area contributed by atoms with E-state index < -0.39 is 0 Å². The fourth-order valence-corrected chi connectivity index (χ4v) is 2.07. The summed E-state index contributed by atoms with van der Waals surface area (Å²) in [4.78, 5) is 8.06. The van der Waals surface area contributed by atoms with Crippen molar-refractivity contribution in [3.63, 3.8) is 0 Å². The van der Waals surface area contributed by atoms with E-state index in [4.69, 9.17) is 15.2 Å². The number of para-hydroxylation sites is 2. The minimum atomic E-state index is 0.0473. The van der Waals surface area contributed by atoms with Crippen molar-refractivity contribution >= 4 is 5.82 Å². The summed E-state index contributed by atoms with van der Waals surface area (Å²) in [5.41, 5.74) is 6.55. The van der Waals surface area contributed by atoms with E-state index in [9.17, 15) is 0 Å². The van der Waals surface area contributed by atoms with Gasteiger partial charge in [0.05, 0.1) is 0 Å². The van der Waals surface area contributed by atoms with E-state index in [1.807, 2.05) is 24.3 Å². The number of aromatic nitrogens is 2. The Morgan fingerprint density at radius 2 is 2.05 bits per heavy atom. The highest BCUT2D eigenvalue weighted by molar-refractivity contribution is 5.40. The zero-order valence-corrected chi connectivity index (χ0v) is 10.5. The number of ether oxygens (including phenoxy) is 2. The SMILES string of the molecule is Nc1cc(CC[C@H]2COc3ccccc3O2)ncn1. The van der Waals surface area contributed by atoms with Crippen molar-refractivity contribution in [3.05, 3.63) is 42.4 Å². The van der Waals surface area contributed by atoms with E-state index in [1.54, 1.807) is 6.07 Å². The maximum absolute atomic E-state index is 5.88. The lowest BCUT2D eigenvalue weighted by molar-refractivity contribution is 0.0849. The normalized spacial score (nSPS) is 17.2. The number of nitrogen functional groups attached to an aromatic ring is 1. The largest absolute Gasteiger partial charge is 0.486 e. The predicted molar refractivity (Wildman–Crippen MR) is 71.1 cm³/mol. The van der Waals surface area contributed by atoms with E-state index in [0.29, 0.717) is 12.4 Å². The summed E-state index contributed by atoms with van der Waals surface area (Å²) < 4.78 is 11.6. The third-order valence-corrected chi connectivity index (χ3v) is 3.03. The van der Waals surface area contributed by atoms with Gasteiger partial charge in [0.15, 0.2) is 11.5 Å². The van der Waals surface area contributed by atoms with Crippen LogP contribution in [0.25, 0.3) is 0 Å². The van der Waals surface area contributed by atoms with E-state index in [0.717, 1.165) is 30.0 Å². The van der Waals surface area contributed by atoms with Gasteiger partial charge in [-0.2, -0.15) is 0 Å². The minimum Gasteiger partial charge on any atom is -0.486 e. The molecule has 98 valence electrons. The van der Waals surface area contributed by atoms with Crippen LogP contribution < -0.4 is 15.2 Å². The molecule has 1 atom stereocenters. The molecular weight excluding hydrogens is 242 g/mol. The number of benzene rings is 1. The molecule has 1 aliphatic rings. The van der Waals surface area contributed by atoms with Gasteiger partial charge in [0, 0.05) is 11.8 Å². The molecule has 0 amide bonds. The molecule has 2 N–H and O–H groups in total. The lowest BCUT2D eigenvalue weighted by atomic mass is 10.1. The van der Waals surface area contributed by atoms with Gasteiger partial charge in [-0.15, -0.1) is 0 Å². The molecule has 5 heteroatoms. The molecule has 1 aliphatic heterocycles. The van der Waals surface area contributed by atoms with Gasteiger partial charge in [-0.3, -0.25) is 0 Å². The first-order valence-corrected chi connectivity index (χ1v) is 6.26. The van der Waals surface area contributed by atoms with Crippen LogP contribution in [0.4, 0.5) is 5.82 Å². The quantitative estimate of drug-likeness (QED) is 0.908. The van der Waals surface area contributed by atoms with Gasteiger partial charge in [-0.1, -0.05) is 12.1 Å². The topological polar surface area (TPSA) is 70.3 Å². The summed E-state index contributed by atoms with van der Waals surface area (Å²) in [6.45, 7) is 0.567. The monoisotopic (exact) mass is 257 g/mol. The molecule has 0 radical (unpaired) electrons. The molecular formula is C14H15N3O2. The standard InChI is InChI=1S/C14H15N3O2/c15-14-7-10(16-9-17-14)5-6-11-8-18-12-3-1-2-4-13(12)19-11/h1-4,7,9,11H,5-6,8H2,(H2,15,16,17)/t11-/m0/s1. The molecule has 5 nitrogen and oxygen atoms in total. The zero-order chi connectivity index (χ0) is 13.1. The maximum Gasteiger partial charge on any atom is 0.161 e. The third-order valence-electron chi connectivity index (χ3n) is 3.03. The van der Waals surface area contributed by atoms with E-state index in [2.05, 4.69) is 9.97 Å². The zero-order valence-electron chi connectivity index (χ0n) is 10.5. The Morgan fingerprint density at radius 3 is 2.89 bits per heavy atom. The van der Waals surface area contributed by atoms with Crippen LogP contribution in [-0.2, 0) is 6.42 Å². The molecule has 19 heavy (non-hydrogen) atoms. The van der Waals surface area contributed by atoms with Gasteiger partial charge < -0.3 is 15.2 Å². The molecule has 0 saturated heterocycles. The number of nitrogens with two attached hydrogens (primary N) is 1. The lowest BCUT2D eigenvalue weighted by Gasteiger charge is -2.26. The third kappa shape index (κ3) is 2.76.